The Hall–Kier alpha value is -4.29. The lowest BCUT2D eigenvalue weighted by molar-refractivity contribution is -0.114. The van der Waals surface area contributed by atoms with Gasteiger partial charge in [0.2, 0.25) is 5.91 Å². The summed E-state index contributed by atoms with van der Waals surface area (Å²) in [7, 11) is 0. The van der Waals surface area contributed by atoms with Gasteiger partial charge in [-0.3, -0.25) is 19.4 Å². The second kappa shape index (κ2) is 10.1. The van der Waals surface area contributed by atoms with E-state index < -0.39 is 17.2 Å². The van der Waals surface area contributed by atoms with E-state index in [1.54, 1.807) is 38.1 Å². The lowest BCUT2D eigenvalue weighted by Crippen LogP contribution is -2.19. The minimum Gasteiger partial charge on any atom is -0.322 e. The summed E-state index contributed by atoms with van der Waals surface area (Å²) in [6, 6.07) is 12.9. The summed E-state index contributed by atoms with van der Waals surface area (Å²) >= 11 is 6.20. The number of amides is 3. The molecule has 2 heterocycles. The lowest BCUT2D eigenvalue weighted by Gasteiger charge is -2.15. The van der Waals surface area contributed by atoms with Gasteiger partial charge in [-0.05, 0) is 56.3 Å². The summed E-state index contributed by atoms with van der Waals surface area (Å²) in [5.74, 6) is -0.835. The van der Waals surface area contributed by atoms with Gasteiger partial charge in [-0.15, -0.1) is 0 Å². The van der Waals surface area contributed by atoms with E-state index in [2.05, 4.69) is 32.0 Å². The molecule has 3 N–H and O–H groups in total. The normalized spacial score (nSPS) is 10.7. The number of hydrogen-bond acceptors (Lipinski definition) is 6. The predicted molar refractivity (Wildman–Crippen MR) is 129 cm³/mol. The Labute approximate surface area is 201 Å². The van der Waals surface area contributed by atoms with Crippen molar-refractivity contribution in [3.8, 4) is 6.07 Å². The smallest absolute Gasteiger partial charge is 0.257 e. The predicted octanol–water partition coefficient (Wildman–Crippen LogP) is 4.39. The molecule has 34 heavy (non-hydrogen) atoms. The summed E-state index contributed by atoms with van der Waals surface area (Å²) in [6.45, 7) is 4.79. The van der Waals surface area contributed by atoms with Crippen molar-refractivity contribution < 1.29 is 14.4 Å². The number of hydrogen-bond donors (Lipinski definition) is 3. The molecule has 172 valence electrons. The number of benzene rings is 1. The topological polar surface area (TPSA) is 137 Å². The molecular weight excluding hydrogens is 456 g/mol. The van der Waals surface area contributed by atoms with Crippen molar-refractivity contribution in [3.05, 3.63) is 76.7 Å². The molecule has 0 atom stereocenters. The zero-order valence-corrected chi connectivity index (χ0v) is 19.4. The summed E-state index contributed by atoms with van der Waals surface area (Å²) < 4.78 is 0. The molecule has 0 saturated heterocycles. The van der Waals surface area contributed by atoms with Crippen molar-refractivity contribution in [1.29, 1.82) is 5.26 Å². The van der Waals surface area contributed by atoms with Gasteiger partial charge in [-0.2, -0.15) is 5.26 Å². The van der Waals surface area contributed by atoms with Crippen molar-refractivity contribution in [1.82, 2.24) is 9.97 Å². The van der Waals surface area contributed by atoms with E-state index in [1.807, 2.05) is 0 Å². The van der Waals surface area contributed by atoms with Crippen LogP contribution in [-0.4, -0.2) is 27.7 Å². The number of nitrogens with one attached hydrogen (secondary N) is 3. The number of aromatic nitrogens is 2. The standard InChI is InChI=1S/C24H21ClN6O3/c1-14(32)29-21-7-5-17(12-28-21)31-23(34)18-11-16(4-6-19(18)25)30-22(33)15-8-9-27-20(10-15)24(2,3)13-26/h4-12H,1-3H3,(H,30,33)(H,31,34)(H,28,29,32). The van der Waals surface area contributed by atoms with Crippen LogP contribution in [0.5, 0.6) is 0 Å². The summed E-state index contributed by atoms with van der Waals surface area (Å²) in [5.41, 5.74) is 0.838. The Morgan fingerprint density at radius 2 is 1.65 bits per heavy atom. The zero-order chi connectivity index (χ0) is 24.9. The Bertz CT molecular complexity index is 1300. The molecule has 2 aromatic heterocycles. The molecule has 0 bridgehead atoms. The third kappa shape index (κ3) is 5.94. The van der Waals surface area contributed by atoms with E-state index in [0.717, 1.165) is 0 Å². The van der Waals surface area contributed by atoms with Crippen LogP contribution in [0.1, 0.15) is 47.2 Å². The number of nitriles is 1. The Balaban J connectivity index is 1.75. The van der Waals surface area contributed by atoms with Crippen molar-refractivity contribution in [2.75, 3.05) is 16.0 Å². The maximum absolute atomic E-state index is 12.8. The highest BCUT2D eigenvalue weighted by Gasteiger charge is 2.23. The first-order valence-electron chi connectivity index (χ1n) is 10.1. The molecule has 10 heteroatoms. The molecule has 0 aliphatic heterocycles. The average Bonchev–Trinajstić information content (AvgIpc) is 2.81. The SMILES string of the molecule is CC(=O)Nc1ccc(NC(=O)c2cc(NC(=O)c3ccnc(C(C)(C)C#N)c3)ccc2Cl)cn1. The van der Waals surface area contributed by atoms with E-state index in [-0.39, 0.29) is 16.5 Å². The summed E-state index contributed by atoms with van der Waals surface area (Å²) in [4.78, 5) is 44.8. The van der Waals surface area contributed by atoms with Crippen molar-refractivity contribution in [2.24, 2.45) is 0 Å². The largest absolute Gasteiger partial charge is 0.322 e. The van der Waals surface area contributed by atoms with Gasteiger partial charge in [0, 0.05) is 24.4 Å². The van der Waals surface area contributed by atoms with Gasteiger partial charge in [0.1, 0.15) is 5.82 Å². The Morgan fingerprint density at radius 1 is 0.941 bits per heavy atom. The highest BCUT2D eigenvalue weighted by molar-refractivity contribution is 6.34. The van der Waals surface area contributed by atoms with Crippen LogP contribution < -0.4 is 16.0 Å². The maximum Gasteiger partial charge on any atom is 0.257 e. The summed E-state index contributed by atoms with van der Waals surface area (Å²) in [5, 5.41) is 17.4. The van der Waals surface area contributed by atoms with Gasteiger partial charge in [-0.1, -0.05) is 11.6 Å². The fourth-order valence-electron chi connectivity index (χ4n) is 2.87. The third-order valence-electron chi connectivity index (χ3n) is 4.74. The van der Waals surface area contributed by atoms with E-state index in [1.165, 1.54) is 37.5 Å². The molecule has 0 spiro atoms. The number of nitrogens with zero attached hydrogens (tertiary/aromatic N) is 3. The van der Waals surface area contributed by atoms with Gasteiger partial charge < -0.3 is 16.0 Å². The van der Waals surface area contributed by atoms with Crippen LogP contribution >= 0.6 is 11.6 Å². The third-order valence-corrected chi connectivity index (χ3v) is 5.07. The van der Waals surface area contributed by atoms with Crippen LogP contribution in [0.2, 0.25) is 5.02 Å². The zero-order valence-electron chi connectivity index (χ0n) is 18.6. The van der Waals surface area contributed by atoms with Crippen molar-refractivity contribution in [3.63, 3.8) is 0 Å². The van der Waals surface area contributed by atoms with E-state index in [0.29, 0.717) is 28.5 Å². The van der Waals surface area contributed by atoms with Crippen LogP contribution in [0.4, 0.5) is 17.2 Å². The molecule has 3 amide bonds. The molecule has 3 aromatic rings. The van der Waals surface area contributed by atoms with Crippen LogP contribution in [0, 0.1) is 11.3 Å². The lowest BCUT2D eigenvalue weighted by atomic mass is 9.90. The summed E-state index contributed by atoms with van der Waals surface area (Å²) in [6.07, 6.45) is 2.86. The molecule has 1 aromatic carbocycles. The van der Waals surface area contributed by atoms with Crippen molar-refractivity contribution >= 4 is 46.5 Å². The van der Waals surface area contributed by atoms with Gasteiger partial charge in [0.25, 0.3) is 11.8 Å². The molecule has 0 aliphatic rings. The second-order valence-corrected chi connectivity index (χ2v) is 8.29. The minimum atomic E-state index is -0.850. The van der Waals surface area contributed by atoms with Gasteiger partial charge in [-0.25, -0.2) is 4.98 Å². The van der Waals surface area contributed by atoms with Gasteiger partial charge in [0.15, 0.2) is 0 Å². The van der Waals surface area contributed by atoms with E-state index in [4.69, 9.17) is 11.6 Å². The molecule has 0 saturated carbocycles. The molecule has 0 fully saturated rings. The quantitative estimate of drug-likeness (QED) is 0.482. The minimum absolute atomic E-state index is 0.145. The molecule has 0 aliphatic carbocycles. The Kier molecular flexibility index (Phi) is 7.24. The fraction of sp³-hybridized carbons (Fsp3) is 0.167. The van der Waals surface area contributed by atoms with Crippen LogP contribution in [-0.2, 0) is 10.2 Å². The first kappa shape index (κ1) is 24.4. The molecule has 0 radical (unpaired) electrons. The van der Waals surface area contributed by atoms with Crippen LogP contribution in [0.3, 0.4) is 0 Å². The highest BCUT2D eigenvalue weighted by atomic mass is 35.5. The maximum atomic E-state index is 12.8. The number of anilines is 3. The van der Waals surface area contributed by atoms with E-state index >= 15 is 0 Å². The molecule has 3 rings (SSSR count). The molecule has 0 unspecified atom stereocenters. The fourth-order valence-corrected chi connectivity index (χ4v) is 3.08. The number of carbonyl (C=O) groups is 3. The number of pyridine rings is 2. The average molecular weight is 477 g/mol. The van der Waals surface area contributed by atoms with Gasteiger partial charge >= 0.3 is 0 Å². The van der Waals surface area contributed by atoms with Crippen molar-refractivity contribution in [2.45, 2.75) is 26.2 Å². The first-order valence-corrected chi connectivity index (χ1v) is 10.5. The second-order valence-electron chi connectivity index (χ2n) is 7.88. The number of rotatable bonds is 6. The number of halogens is 1. The highest BCUT2D eigenvalue weighted by Crippen LogP contribution is 2.24. The monoisotopic (exact) mass is 476 g/mol. The van der Waals surface area contributed by atoms with Crippen LogP contribution in [0.25, 0.3) is 0 Å². The van der Waals surface area contributed by atoms with Crippen LogP contribution in [0.15, 0.2) is 54.9 Å². The molecule has 9 nitrogen and oxygen atoms in total. The Morgan fingerprint density at radius 3 is 2.29 bits per heavy atom. The number of carbonyl (C=O) groups excluding carboxylic acids is 3. The van der Waals surface area contributed by atoms with E-state index in [9.17, 15) is 19.6 Å². The van der Waals surface area contributed by atoms with Gasteiger partial charge in [0.05, 0.1) is 39.6 Å². The first-order chi connectivity index (χ1) is 16.1. The molecular formula is C24H21ClN6O3.